The summed E-state index contributed by atoms with van der Waals surface area (Å²) in [5.74, 6) is -3.14. The van der Waals surface area contributed by atoms with Crippen molar-refractivity contribution < 1.29 is 34.0 Å². The van der Waals surface area contributed by atoms with Crippen molar-refractivity contribution in [2.45, 2.75) is 13.1 Å². The van der Waals surface area contributed by atoms with Crippen molar-refractivity contribution in [3.63, 3.8) is 0 Å². The molecule has 7 nitrogen and oxygen atoms in total. The summed E-state index contributed by atoms with van der Waals surface area (Å²) in [5.41, 5.74) is 5.31. The van der Waals surface area contributed by atoms with E-state index in [0.717, 1.165) is 33.2 Å². The van der Waals surface area contributed by atoms with Crippen molar-refractivity contribution in [2.75, 3.05) is 13.8 Å². The number of esters is 1. The smallest absolute Gasteiger partial charge is 0.475 e. The third-order valence-electron chi connectivity index (χ3n) is 4.12. The number of ether oxygens (including phenoxy) is 1. The van der Waals surface area contributed by atoms with E-state index in [0.29, 0.717) is 14.3 Å². The van der Waals surface area contributed by atoms with Crippen LogP contribution in [0.1, 0.15) is 17.6 Å². The zero-order chi connectivity index (χ0) is 22.6. The number of carbonyl (C=O) groups excluding carboxylic acids is 1. The van der Waals surface area contributed by atoms with Crippen molar-refractivity contribution in [1.29, 1.82) is 0 Å². The number of rotatable bonds is 3. The van der Waals surface area contributed by atoms with Crippen LogP contribution in [-0.4, -0.2) is 51.8 Å². The van der Waals surface area contributed by atoms with Gasteiger partial charge in [0, 0.05) is 30.7 Å². The first-order valence-corrected chi connectivity index (χ1v) is 10.0. The van der Waals surface area contributed by atoms with Crippen molar-refractivity contribution in [2.24, 2.45) is 7.05 Å². The normalized spacial score (nSPS) is 11.4. The lowest BCUT2D eigenvalue weighted by atomic mass is 10.0. The second-order valence-corrected chi connectivity index (χ2v) is 7.06. The average molecular weight is 443 g/mol. The summed E-state index contributed by atoms with van der Waals surface area (Å²) in [5, 5.41) is 12.4. The summed E-state index contributed by atoms with van der Waals surface area (Å²) < 4.78 is 38.2. The Balaban J connectivity index is 0.000000523. The van der Waals surface area contributed by atoms with Crippen molar-refractivity contribution in [3.05, 3.63) is 41.7 Å². The maximum atomic E-state index is 12.0. The lowest BCUT2D eigenvalue weighted by Crippen LogP contribution is -2.21. The fraction of sp³-hybridized carbons (Fsp3) is 0.263. The van der Waals surface area contributed by atoms with Gasteiger partial charge in [0.15, 0.2) is 5.69 Å². The van der Waals surface area contributed by atoms with E-state index < -0.39 is 12.1 Å². The second-order valence-electron chi connectivity index (χ2n) is 6.05. The van der Waals surface area contributed by atoms with Crippen LogP contribution in [0.15, 0.2) is 30.3 Å². The van der Waals surface area contributed by atoms with Gasteiger partial charge < -0.3 is 9.84 Å². The molecule has 0 fully saturated rings. The van der Waals surface area contributed by atoms with Crippen LogP contribution in [0.2, 0.25) is 0 Å². The summed E-state index contributed by atoms with van der Waals surface area (Å²) in [6, 6.07) is 9.96. The molecule has 30 heavy (non-hydrogen) atoms. The molecule has 2 heterocycles. The predicted molar refractivity (Wildman–Crippen MR) is 110 cm³/mol. The molecule has 1 N–H and O–H groups in total. The van der Waals surface area contributed by atoms with Gasteiger partial charge in [0.1, 0.15) is 5.52 Å². The first kappa shape index (κ1) is 23.3. The Morgan fingerprint density at radius 2 is 1.83 bits per heavy atom. The molecule has 0 bridgehead atoms. The van der Waals surface area contributed by atoms with Crippen LogP contribution in [-0.2, 0) is 16.6 Å². The number of carboxylic acid groups (broad SMARTS) is 1. The Morgan fingerprint density at radius 3 is 2.33 bits per heavy atom. The van der Waals surface area contributed by atoms with Gasteiger partial charge in [-0.3, -0.25) is 9.67 Å². The van der Waals surface area contributed by atoms with Crippen LogP contribution < -0.4 is 5.44 Å². The number of carboxylic acids is 1. The number of hydrogen-bond acceptors (Lipinski definition) is 5. The predicted octanol–water partition coefficient (Wildman–Crippen LogP) is 3.54. The fourth-order valence-electron chi connectivity index (χ4n) is 2.76. The van der Waals surface area contributed by atoms with Gasteiger partial charge in [-0.15, -0.1) is 0 Å². The van der Waals surface area contributed by atoms with E-state index in [2.05, 4.69) is 22.8 Å². The maximum absolute atomic E-state index is 12.0. The summed E-state index contributed by atoms with van der Waals surface area (Å²) in [4.78, 5) is 25.6. The van der Waals surface area contributed by atoms with E-state index in [4.69, 9.17) is 14.6 Å². The van der Waals surface area contributed by atoms with Gasteiger partial charge in [-0.25, -0.2) is 9.59 Å². The molecule has 3 aromatic rings. The Hall–Kier alpha value is -3.00. The summed E-state index contributed by atoms with van der Waals surface area (Å²) in [7, 11) is 3.80. The van der Waals surface area contributed by atoms with Gasteiger partial charge in [0.2, 0.25) is 0 Å². The number of benzene rings is 1. The van der Waals surface area contributed by atoms with Gasteiger partial charge in [-0.1, -0.05) is 32.8 Å². The Kier molecular flexibility index (Phi) is 7.15. The molecule has 0 radical (unpaired) electrons. The van der Waals surface area contributed by atoms with E-state index >= 15 is 0 Å². The molecule has 0 aliphatic carbocycles. The number of alkyl halides is 3. The van der Waals surface area contributed by atoms with Crippen molar-refractivity contribution in [1.82, 2.24) is 14.8 Å². The Labute approximate surface area is 173 Å². The van der Waals surface area contributed by atoms with Gasteiger partial charge in [-0.05, 0) is 19.7 Å². The highest BCUT2D eigenvalue weighted by Gasteiger charge is 2.38. The number of pyridine rings is 1. The molecule has 2 aromatic heterocycles. The molecule has 1 unspecified atom stereocenters. The molecule has 0 saturated heterocycles. The number of carbonyl (C=O) groups is 2. The average Bonchev–Trinajstić information content (AvgIpc) is 3.03. The number of halogens is 3. The first-order valence-electron chi connectivity index (χ1n) is 8.51. The number of aliphatic carboxylic acids is 1. The third-order valence-corrected chi connectivity index (χ3v) is 4.91. The van der Waals surface area contributed by atoms with Gasteiger partial charge in [-0.2, -0.15) is 18.3 Å². The SMILES string of the molecule is COC(=O)c1c2cccc(-c3ccc(PC)nc3C)c2nn1C.O=C(O)C(F)(F)F.[HH]. The van der Waals surface area contributed by atoms with Crippen LogP contribution in [0.25, 0.3) is 22.0 Å². The number of fused-ring (bicyclic) bond motifs is 1. The van der Waals surface area contributed by atoms with Crippen LogP contribution in [0.3, 0.4) is 0 Å². The van der Waals surface area contributed by atoms with Crippen LogP contribution in [0.4, 0.5) is 13.2 Å². The molecular weight excluding hydrogens is 422 g/mol. The molecule has 0 saturated carbocycles. The molecule has 11 heteroatoms. The molecule has 0 amide bonds. The minimum Gasteiger partial charge on any atom is -0.475 e. The number of aryl methyl sites for hydroxylation is 2. The molecule has 0 spiro atoms. The van der Waals surface area contributed by atoms with E-state index in [1.807, 2.05) is 31.2 Å². The van der Waals surface area contributed by atoms with Crippen molar-refractivity contribution >= 4 is 36.9 Å². The van der Waals surface area contributed by atoms with Crippen molar-refractivity contribution in [3.8, 4) is 11.1 Å². The molecule has 0 aliphatic rings. The van der Waals surface area contributed by atoms with Crippen LogP contribution >= 0.6 is 8.58 Å². The van der Waals surface area contributed by atoms with Gasteiger partial charge >= 0.3 is 18.1 Å². The fourth-order valence-corrected chi connectivity index (χ4v) is 3.29. The minimum absolute atomic E-state index is 0. The zero-order valence-corrected chi connectivity index (χ0v) is 17.5. The zero-order valence-electron chi connectivity index (χ0n) is 16.5. The number of hydrogen-bond donors (Lipinski definition) is 1. The third kappa shape index (κ3) is 4.94. The first-order chi connectivity index (χ1) is 14.0. The summed E-state index contributed by atoms with van der Waals surface area (Å²) in [6.07, 6.45) is -5.08. The number of nitrogens with zero attached hydrogens (tertiary/aromatic N) is 3. The summed E-state index contributed by atoms with van der Waals surface area (Å²) in [6.45, 7) is 4.12. The van der Waals surface area contributed by atoms with E-state index in [1.54, 1.807) is 11.7 Å². The highest BCUT2D eigenvalue weighted by atomic mass is 31.1. The highest BCUT2D eigenvalue weighted by molar-refractivity contribution is 7.45. The van der Waals surface area contributed by atoms with E-state index in [9.17, 15) is 18.0 Å². The maximum Gasteiger partial charge on any atom is 0.490 e. The minimum atomic E-state index is -5.08. The Morgan fingerprint density at radius 1 is 1.20 bits per heavy atom. The molecular formula is C19H21F3N3O4P. The second kappa shape index (κ2) is 9.21. The molecule has 3 rings (SSSR count). The molecule has 162 valence electrons. The lowest BCUT2D eigenvalue weighted by molar-refractivity contribution is -0.192. The van der Waals surface area contributed by atoms with Gasteiger partial charge in [0.25, 0.3) is 0 Å². The van der Waals surface area contributed by atoms with E-state index in [1.165, 1.54) is 7.11 Å². The molecule has 0 aliphatic heterocycles. The number of methoxy groups -OCH3 is 1. The standard InChI is InChI=1S/C17H18N3O2P.C2HF3O2.H2/c1-10-11(8-9-14(18-10)23-4)12-6-5-7-13-15(12)19-20(2)16(13)17(21)22-3;3-2(4,5)1(6)7;/h5-9,23H,1-4H3;(H,6,7);1H. The number of aromatic nitrogens is 3. The summed E-state index contributed by atoms with van der Waals surface area (Å²) >= 11 is 0. The van der Waals surface area contributed by atoms with E-state index in [-0.39, 0.29) is 7.40 Å². The van der Waals surface area contributed by atoms with Gasteiger partial charge in [0.05, 0.1) is 12.5 Å². The molecule has 1 atom stereocenters. The monoisotopic (exact) mass is 443 g/mol. The molecule has 1 aromatic carbocycles. The highest BCUT2D eigenvalue weighted by Crippen LogP contribution is 2.31. The van der Waals surface area contributed by atoms with Crippen LogP contribution in [0, 0.1) is 6.92 Å². The quantitative estimate of drug-likeness (QED) is 0.492. The Bertz CT molecular complexity index is 1100. The topological polar surface area (TPSA) is 94.3 Å². The van der Waals surface area contributed by atoms with Crippen LogP contribution in [0.5, 0.6) is 0 Å². The lowest BCUT2D eigenvalue weighted by Gasteiger charge is -2.08. The largest absolute Gasteiger partial charge is 0.490 e.